The van der Waals surface area contributed by atoms with Gasteiger partial charge >= 0.3 is 32.7 Å². The van der Waals surface area contributed by atoms with Crippen molar-refractivity contribution in [2.75, 3.05) is 29.9 Å². The molecule has 0 atom stereocenters. The third-order valence-electron chi connectivity index (χ3n) is 2.99. The second-order valence-electron chi connectivity index (χ2n) is 4.69. The SMILES string of the molecule is CCNc1ccnc(N2CC[CH-]CC2)n1.[CH2-]CCC[CH2-].[Y+3]. The molecule has 0 bridgehead atoms. The molecule has 114 valence electrons. The molecule has 0 aliphatic carbocycles. The van der Waals surface area contributed by atoms with Crippen LogP contribution in [-0.2, 0) is 32.7 Å². The van der Waals surface area contributed by atoms with E-state index in [9.17, 15) is 0 Å². The van der Waals surface area contributed by atoms with E-state index >= 15 is 0 Å². The van der Waals surface area contributed by atoms with E-state index in [1.165, 1.54) is 6.42 Å². The van der Waals surface area contributed by atoms with Crippen molar-refractivity contribution in [3.05, 3.63) is 32.5 Å². The minimum absolute atomic E-state index is 0. The molecule has 5 heteroatoms. The van der Waals surface area contributed by atoms with Gasteiger partial charge in [-0.2, -0.15) is 30.7 Å². The molecule has 1 aliphatic rings. The summed E-state index contributed by atoms with van der Waals surface area (Å²) in [4.78, 5) is 11.0. The maximum absolute atomic E-state index is 4.48. The van der Waals surface area contributed by atoms with Crippen molar-refractivity contribution < 1.29 is 32.7 Å². The van der Waals surface area contributed by atoms with Gasteiger partial charge in [0.2, 0.25) is 5.95 Å². The molecule has 1 aliphatic heterocycles. The van der Waals surface area contributed by atoms with Crippen molar-refractivity contribution in [2.24, 2.45) is 0 Å². The standard InChI is InChI=1S/C11H17N4.C5H10.Y/c1-2-12-10-6-7-13-11(14-10)15-8-4-3-5-9-15;1-3-5-4-2;/h3,6-7H,2,4-5,8-9H2,1H3,(H,12,13,14);1-5H2;/q-1;-2;+3. The molecular formula is C16H27N4Y. The Balaban J connectivity index is 0.000000583. The van der Waals surface area contributed by atoms with Crippen LogP contribution in [0.15, 0.2) is 12.3 Å². The van der Waals surface area contributed by atoms with E-state index in [0.29, 0.717) is 0 Å². The summed E-state index contributed by atoms with van der Waals surface area (Å²) in [6.07, 6.45) is 9.64. The van der Waals surface area contributed by atoms with Crippen LogP contribution in [0, 0.1) is 20.3 Å². The number of nitrogens with zero attached hydrogens (tertiary/aromatic N) is 3. The van der Waals surface area contributed by atoms with Gasteiger partial charge in [-0.25, -0.2) is 4.98 Å². The summed E-state index contributed by atoms with van der Waals surface area (Å²) in [5.74, 6) is 1.76. The zero-order valence-electron chi connectivity index (χ0n) is 13.2. The molecule has 2 rings (SSSR count). The Labute approximate surface area is 155 Å². The summed E-state index contributed by atoms with van der Waals surface area (Å²) in [5.41, 5.74) is 0. The van der Waals surface area contributed by atoms with Gasteiger partial charge in [0.05, 0.1) is 0 Å². The molecule has 1 N–H and O–H groups in total. The minimum Gasteiger partial charge on any atom is -0.370 e. The summed E-state index contributed by atoms with van der Waals surface area (Å²) in [6.45, 7) is 12.3. The fourth-order valence-electron chi connectivity index (χ4n) is 1.91. The first-order valence-electron chi connectivity index (χ1n) is 7.53. The van der Waals surface area contributed by atoms with Gasteiger partial charge in [-0.15, -0.1) is 6.42 Å². The molecule has 1 fully saturated rings. The van der Waals surface area contributed by atoms with E-state index < -0.39 is 0 Å². The molecule has 1 aromatic rings. The van der Waals surface area contributed by atoms with Gasteiger partial charge in [0.15, 0.2) is 0 Å². The van der Waals surface area contributed by atoms with E-state index in [0.717, 1.165) is 57.1 Å². The Morgan fingerprint density at radius 3 is 2.48 bits per heavy atom. The van der Waals surface area contributed by atoms with Crippen LogP contribution in [0.3, 0.4) is 0 Å². The van der Waals surface area contributed by atoms with Crippen molar-refractivity contribution in [2.45, 2.75) is 39.0 Å². The maximum atomic E-state index is 4.48. The van der Waals surface area contributed by atoms with Crippen LogP contribution in [0.4, 0.5) is 11.8 Å². The number of rotatable bonds is 5. The summed E-state index contributed by atoms with van der Waals surface area (Å²) in [5, 5.41) is 3.20. The van der Waals surface area contributed by atoms with Crippen LogP contribution in [-0.4, -0.2) is 29.6 Å². The second-order valence-corrected chi connectivity index (χ2v) is 4.69. The Hall–Kier alpha value is -0.216. The van der Waals surface area contributed by atoms with Crippen LogP contribution in [0.2, 0.25) is 0 Å². The zero-order chi connectivity index (χ0) is 14.6. The van der Waals surface area contributed by atoms with Gasteiger partial charge in [0, 0.05) is 12.7 Å². The molecule has 1 aromatic heterocycles. The Kier molecular flexibility index (Phi) is 13.3. The smallest absolute Gasteiger partial charge is 0.370 e. The quantitative estimate of drug-likeness (QED) is 0.812. The molecule has 1 saturated heterocycles. The summed E-state index contributed by atoms with van der Waals surface area (Å²) >= 11 is 0. The Morgan fingerprint density at radius 1 is 1.29 bits per heavy atom. The topological polar surface area (TPSA) is 41.1 Å². The molecule has 0 aromatic carbocycles. The first-order chi connectivity index (χ1) is 9.81. The number of hydrogen-bond donors (Lipinski definition) is 1. The molecular weight excluding hydrogens is 337 g/mol. The zero-order valence-corrected chi connectivity index (χ0v) is 16.1. The van der Waals surface area contributed by atoms with Gasteiger partial charge < -0.3 is 30.5 Å². The molecule has 0 saturated carbocycles. The van der Waals surface area contributed by atoms with E-state index in [1.807, 2.05) is 12.3 Å². The summed E-state index contributed by atoms with van der Waals surface area (Å²) in [6, 6.07) is 1.91. The number of anilines is 2. The number of hydrogen-bond acceptors (Lipinski definition) is 4. The Bertz CT molecular complexity index is 352. The van der Waals surface area contributed by atoms with Gasteiger partial charge in [0.1, 0.15) is 5.82 Å². The molecule has 21 heavy (non-hydrogen) atoms. The number of unbranched alkanes of at least 4 members (excludes halogenated alkanes) is 2. The van der Waals surface area contributed by atoms with Crippen molar-refractivity contribution in [3.8, 4) is 0 Å². The van der Waals surface area contributed by atoms with E-state index in [-0.39, 0.29) is 32.7 Å². The molecule has 0 amide bonds. The number of aromatic nitrogens is 2. The van der Waals surface area contributed by atoms with Crippen molar-refractivity contribution in [1.82, 2.24) is 9.97 Å². The summed E-state index contributed by atoms with van der Waals surface area (Å²) < 4.78 is 0. The first kappa shape index (κ1) is 20.8. The predicted molar refractivity (Wildman–Crippen MR) is 86.5 cm³/mol. The Morgan fingerprint density at radius 2 is 1.95 bits per heavy atom. The van der Waals surface area contributed by atoms with Crippen LogP contribution in [0.25, 0.3) is 0 Å². The summed E-state index contributed by atoms with van der Waals surface area (Å²) in [7, 11) is 0. The van der Waals surface area contributed by atoms with E-state index in [2.05, 4.69) is 47.4 Å². The minimum atomic E-state index is 0. The third-order valence-corrected chi connectivity index (χ3v) is 2.99. The number of piperidine rings is 1. The van der Waals surface area contributed by atoms with E-state index in [1.54, 1.807) is 0 Å². The average molecular weight is 364 g/mol. The second kappa shape index (κ2) is 13.4. The molecule has 0 radical (unpaired) electrons. The molecule has 4 nitrogen and oxygen atoms in total. The normalized spacial score (nSPS) is 13.8. The number of nitrogens with one attached hydrogen (secondary N) is 1. The largest absolute Gasteiger partial charge is 3.00 e. The van der Waals surface area contributed by atoms with Gasteiger partial charge in [-0.3, -0.25) is 0 Å². The third kappa shape index (κ3) is 8.72. The van der Waals surface area contributed by atoms with Gasteiger partial charge in [-0.1, -0.05) is 0 Å². The molecule has 2 heterocycles. The van der Waals surface area contributed by atoms with Crippen LogP contribution >= 0.6 is 0 Å². The van der Waals surface area contributed by atoms with Gasteiger partial charge in [-0.05, 0) is 26.1 Å². The van der Waals surface area contributed by atoms with Crippen LogP contribution < -0.4 is 10.2 Å². The van der Waals surface area contributed by atoms with Gasteiger partial charge in [0.25, 0.3) is 0 Å². The first-order valence-corrected chi connectivity index (χ1v) is 7.53. The van der Waals surface area contributed by atoms with Crippen LogP contribution in [0.1, 0.15) is 39.0 Å². The fourth-order valence-corrected chi connectivity index (χ4v) is 1.91. The predicted octanol–water partition coefficient (Wildman–Crippen LogP) is 3.54. The fraction of sp³-hybridized carbons (Fsp3) is 0.562. The molecule has 0 unspecified atom stereocenters. The van der Waals surface area contributed by atoms with Crippen molar-refractivity contribution in [1.29, 1.82) is 0 Å². The van der Waals surface area contributed by atoms with Crippen LogP contribution in [0.5, 0.6) is 0 Å². The van der Waals surface area contributed by atoms with E-state index in [4.69, 9.17) is 0 Å². The van der Waals surface area contributed by atoms with Crippen molar-refractivity contribution >= 4 is 11.8 Å². The maximum Gasteiger partial charge on any atom is 3.00 e. The van der Waals surface area contributed by atoms with Crippen molar-refractivity contribution in [3.63, 3.8) is 0 Å². The monoisotopic (exact) mass is 364 g/mol. The molecule has 0 spiro atoms. The average Bonchev–Trinajstić information content (AvgIpc) is 2.50.